The second-order valence-electron chi connectivity index (χ2n) is 4.53. The number of anilines is 1. The van der Waals surface area contributed by atoms with E-state index in [9.17, 15) is 9.18 Å². The first-order valence-corrected chi connectivity index (χ1v) is 6.29. The monoisotopic (exact) mass is 285 g/mol. The van der Waals surface area contributed by atoms with E-state index in [0.29, 0.717) is 24.3 Å². The highest BCUT2D eigenvalue weighted by Gasteiger charge is 2.18. The topological polar surface area (TPSA) is 74.1 Å². The van der Waals surface area contributed by atoms with Crippen molar-refractivity contribution in [3.05, 3.63) is 59.6 Å². The number of carbonyl (C=O) groups is 1. The zero-order chi connectivity index (χ0) is 14.8. The van der Waals surface area contributed by atoms with Gasteiger partial charge >= 0.3 is 0 Å². The number of nitrogens with two attached hydrogens (primary N) is 1. The highest BCUT2D eigenvalue weighted by Crippen LogP contribution is 2.26. The van der Waals surface area contributed by atoms with E-state index < -0.39 is 0 Å². The first-order chi connectivity index (χ1) is 10.2. The van der Waals surface area contributed by atoms with Gasteiger partial charge in [-0.05, 0) is 29.8 Å². The van der Waals surface area contributed by atoms with Gasteiger partial charge in [0.15, 0.2) is 12.0 Å². The van der Waals surface area contributed by atoms with Crippen molar-refractivity contribution in [3.8, 4) is 11.5 Å². The molecule has 0 aliphatic rings. The van der Waals surface area contributed by atoms with Crippen molar-refractivity contribution in [2.45, 2.75) is 6.54 Å². The van der Waals surface area contributed by atoms with Gasteiger partial charge in [-0.15, -0.1) is 0 Å². The van der Waals surface area contributed by atoms with Crippen LogP contribution in [0.5, 0.6) is 0 Å². The predicted molar refractivity (Wildman–Crippen MR) is 75.2 cm³/mol. The van der Waals surface area contributed by atoms with E-state index >= 15 is 0 Å². The molecule has 0 radical (unpaired) electrons. The molecule has 6 heteroatoms. The summed E-state index contributed by atoms with van der Waals surface area (Å²) < 4.78 is 19.7. The number of aromatic nitrogens is 2. The van der Waals surface area contributed by atoms with Gasteiger partial charge in [-0.1, -0.05) is 12.1 Å². The molecule has 0 amide bonds. The summed E-state index contributed by atoms with van der Waals surface area (Å²) in [5.74, 6) is 0.416. The number of hydrogen-bond donors (Lipinski definition) is 1. The first kappa shape index (κ1) is 13.1. The predicted octanol–water partition coefficient (Wildman–Crippen LogP) is 2.73. The van der Waals surface area contributed by atoms with Crippen molar-refractivity contribution < 1.29 is 13.6 Å². The summed E-state index contributed by atoms with van der Waals surface area (Å²) in [6.45, 7) is 0.341. The average Bonchev–Trinajstić information content (AvgIpc) is 3.10. The number of hydrogen-bond acceptors (Lipinski definition) is 4. The zero-order valence-electron chi connectivity index (χ0n) is 11.0. The molecule has 3 rings (SSSR count). The number of benzene rings is 1. The molecule has 0 aliphatic heterocycles. The Morgan fingerprint density at radius 1 is 1.29 bits per heavy atom. The lowest BCUT2D eigenvalue weighted by Gasteiger charge is -2.04. The molecule has 0 spiro atoms. The highest BCUT2D eigenvalue weighted by molar-refractivity contribution is 5.90. The number of carbonyl (C=O) groups excluding carboxylic acids is 1. The van der Waals surface area contributed by atoms with Gasteiger partial charge in [0.2, 0.25) is 0 Å². The third-order valence-electron chi connectivity index (χ3n) is 3.15. The van der Waals surface area contributed by atoms with Crippen LogP contribution in [0.25, 0.3) is 11.5 Å². The maximum Gasteiger partial charge on any atom is 0.156 e. The fourth-order valence-electron chi connectivity index (χ4n) is 2.08. The standard InChI is InChI=1S/C15H12FN3O2/c16-11-5-3-10(4-6-11)8-19-15(17)12(9-20)14(18-19)13-2-1-7-21-13/h1-7,9H,8,17H2. The van der Waals surface area contributed by atoms with Crippen LogP contribution in [0.15, 0.2) is 47.1 Å². The quantitative estimate of drug-likeness (QED) is 0.748. The van der Waals surface area contributed by atoms with Gasteiger partial charge in [-0.2, -0.15) is 5.10 Å². The van der Waals surface area contributed by atoms with Crippen LogP contribution in [0.1, 0.15) is 15.9 Å². The number of aldehydes is 1. The van der Waals surface area contributed by atoms with E-state index in [0.717, 1.165) is 5.56 Å². The normalized spacial score (nSPS) is 10.7. The van der Waals surface area contributed by atoms with E-state index in [1.54, 1.807) is 24.3 Å². The molecule has 5 nitrogen and oxygen atoms in total. The Balaban J connectivity index is 2.00. The van der Waals surface area contributed by atoms with Gasteiger partial charge in [0.25, 0.3) is 0 Å². The summed E-state index contributed by atoms with van der Waals surface area (Å²) in [5, 5.41) is 4.31. The van der Waals surface area contributed by atoms with Gasteiger partial charge < -0.3 is 10.2 Å². The zero-order valence-corrected chi connectivity index (χ0v) is 11.0. The summed E-state index contributed by atoms with van der Waals surface area (Å²) >= 11 is 0. The van der Waals surface area contributed by atoms with Crippen molar-refractivity contribution in [2.24, 2.45) is 0 Å². The minimum Gasteiger partial charge on any atom is -0.463 e. The molecule has 3 aromatic rings. The van der Waals surface area contributed by atoms with Crippen molar-refractivity contribution in [2.75, 3.05) is 5.73 Å². The number of rotatable bonds is 4. The van der Waals surface area contributed by atoms with Gasteiger partial charge in [0.05, 0.1) is 18.4 Å². The van der Waals surface area contributed by atoms with Crippen LogP contribution in [-0.2, 0) is 6.54 Å². The fraction of sp³-hybridized carbons (Fsp3) is 0.0667. The minimum absolute atomic E-state index is 0.251. The molecular weight excluding hydrogens is 273 g/mol. The molecule has 106 valence electrons. The molecule has 1 aromatic carbocycles. The largest absolute Gasteiger partial charge is 0.463 e. The van der Waals surface area contributed by atoms with Crippen LogP contribution >= 0.6 is 0 Å². The number of nitrogens with zero attached hydrogens (tertiary/aromatic N) is 2. The maximum absolute atomic E-state index is 12.9. The summed E-state index contributed by atoms with van der Waals surface area (Å²) in [6, 6.07) is 9.43. The number of nitrogen functional groups attached to an aromatic ring is 1. The Morgan fingerprint density at radius 3 is 2.67 bits per heavy atom. The third-order valence-corrected chi connectivity index (χ3v) is 3.15. The van der Waals surface area contributed by atoms with Crippen molar-refractivity contribution in [3.63, 3.8) is 0 Å². The molecule has 0 fully saturated rings. The summed E-state index contributed by atoms with van der Waals surface area (Å²) in [4.78, 5) is 11.2. The number of halogens is 1. The summed E-state index contributed by atoms with van der Waals surface area (Å²) in [6.07, 6.45) is 2.15. The van der Waals surface area contributed by atoms with Crippen molar-refractivity contribution in [1.82, 2.24) is 9.78 Å². The molecule has 0 saturated heterocycles. The van der Waals surface area contributed by atoms with Crippen LogP contribution in [-0.4, -0.2) is 16.1 Å². The van der Waals surface area contributed by atoms with Gasteiger partial charge in [0, 0.05) is 0 Å². The SMILES string of the molecule is Nc1c(C=O)c(-c2ccco2)nn1Cc1ccc(F)cc1. The van der Waals surface area contributed by atoms with E-state index in [-0.39, 0.29) is 17.2 Å². The molecule has 0 bridgehead atoms. The van der Waals surface area contributed by atoms with Gasteiger partial charge in [-0.25, -0.2) is 9.07 Å². The Hall–Kier alpha value is -2.89. The minimum atomic E-state index is -0.308. The first-order valence-electron chi connectivity index (χ1n) is 6.29. The Morgan fingerprint density at radius 2 is 2.05 bits per heavy atom. The molecular formula is C15H12FN3O2. The molecule has 0 saturated carbocycles. The lowest BCUT2D eigenvalue weighted by Crippen LogP contribution is -2.06. The average molecular weight is 285 g/mol. The lowest BCUT2D eigenvalue weighted by molar-refractivity contribution is 0.112. The highest BCUT2D eigenvalue weighted by atomic mass is 19.1. The van der Waals surface area contributed by atoms with Crippen molar-refractivity contribution >= 4 is 12.1 Å². The molecule has 2 N–H and O–H groups in total. The molecule has 2 heterocycles. The molecule has 2 aromatic heterocycles. The van der Waals surface area contributed by atoms with Gasteiger partial charge in [0.1, 0.15) is 17.3 Å². The van der Waals surface area contributed by atoms with E-state index in [1.165, 1.54) is 23.1 Å². The smallest absolute Gasteiger partial charge is 0.156 e. The van der Waals surface area contributed by atoms with Crippen LogP contribution in [0, 0.1) is 5.82 Å². The Kier molecular flexibility index (Phi) is 3.27. The molecule has 21 heavy (non-hydrogen) atoms. The molecule has 0 atom stereocenters. The van der Waals surface area contributed by atoms with E-state index in [1.807, 2.05) is 0 Å². The maximum atomic E-state index is 12.9. The van der Waals surface area contributed by atoms with Crippen molar-refractivity contribution in [1.29, 1.82) is 0 Å². The Bertz CT molecular complexity index is 761. The molecule has 0 unspecified atom stereocenters. The van der Waals surface area contributed by atoms with E-state index in [2.05, 4.69) is 5.10 Å². The van der Waals surface area contributed by atoms with Crippen LogP contribution in [0.3, 0.4) is 0 Å². The van der Waals surface area contributed by atoms with E-state index in [4.69, 9.17) is 10.2 Å². The summed E-state index contributed by atoms with van der Waals surface area (Å²) in [5.41, 5.74) is 7.46. The third kappa shape index (κ3) is 2.43. The fourth-order valence-corrected chi connectivity index (χ4v) is 2.08. The lowest BCUT2D eigenvalue weighted by atomic mass is 10.2. The van der Waals surface area contributed by atoms with Crippen LogP contribution < -0.4 is 5.73 Å². The molecule has 0 aliphatic carbocycles. The van der Waals surface area contributed by atoms with Gasteiger partial charge in [-0.3, -0.25) is 4.79 Å². The van der Waals surface area contributed by atoms with Crippen LogP contribution in [0.4, 0.5) is 10.2 Å². The number of furan rings is 1. The van der Waals surface area contributed by atoms with Crippen LogP contribution in [0.2, 0.25) is 0 Å². The second kappa shape index (κ2) is 5.24. The Labute approximate surface area is 119 Å². The second-order valence-corrected chi connectivity index (χ2v) is 4.53. The summed E-state index contributed by atoms with van der Waals surface area (Å²) in [7, 11) is 0.